The van der Waals surface area contributed by atoms with E-state index in [1.54, 1.807) is 7.11 Å². The van der Waals surface area contributed by atoms with Crippen molar-refractivity contribution in [1.82, 2.24) is 9.80 Å². The van der Waals surface area contributed by atoms with Crippen LogP contribution >= 0.6 is 0 Å². The predicted molar refractivity (Wildman–Crippen MR) is 134 cm³/mol. The Morgan fingerprint density at radius 3 is 2.65 bits per heavy atom. The molecule has 4 aliphatic rings. The van der Waals surface area contributed by atoms with Crippen LogP contribution in [0.25, 0.3) is 0 Å². The molecule has 1 saturated carbocycles. The summed E-state index contributed by atoms with van der Waals surface area (Å²) in [4.78, 5) is 5.16. The van der Waals surface area contributed by atoms with Gasteiger partial charge in [-0.05, 0) is 98.8 Å². The number of aliphatic hydroxyl groups is 1. The normalized spacial score (nSPS) is 31.4. The molecule has 2 heterocycles. The van der Waals surface area contributed by atoms with Crippen LogP contribution in [0.3, 0.4) is 0 Å². The third-order valence-corrected chi connectivity index (χ3v) is 9.41. The van der Waals surface area contributed by atoms with Crippen molar-refractivity contribution in [3.63, 3.8) is 0 Å². The van der Waals surface area contributed by atoms with E-state index in [2.05, 4.69) is 28.0 Å². The van der Waals surface area contributed by atoms with E-state index in [-0.39, 0.29) is 11.5 Å². The Morgan fingerprint density at radius 1 is 1.03 bits per heavy atom. The molecule has 3 fully saturated rings. The molecule has 0 aromatic heterocycles. The van der Waals surface area contributed by atoms with Crippen molar-refractivity contribution < 1.29 is 14.9 Å². The quantitative estimate of drug-likeness (QED) is 0.685. The molecule has 2 bridgehead atoms. The molecule has 5 nitrogen and oxygen atoms in total. The van der Waals surface area contributed by atoms with Crippen LogP contribution in [0.5, 0.6) is 11.5 Å². The highest BCUT2D eigenvalue weighted by Crippen LogP contribution is 2.56. The number of aromatic hydroxyl groups is 1. The van der Waals surface area contributed by atoms with E-state index >= 15 is 0 Å². The fourth-order valence-electron chi connectivity index (χ4n) is 7.32. The average Bonchev–Trinajstić information content (AvgIpc) is 3.67. The van der Waals surface area contributed by atoms with Gasteiger partial charge in [-0.3, -0.25) is 4.90 Å². The number of nitrogens with zero attached hydrogens (tertiary/aromatic N) is 2. The minimum Gasteiger partial charge on any atom is -0.508 e. The molecule has 2 aliphatic carbocycles. The van der Waals surface area contributed by atoms with Gasteiger partial charge >= 0.3 is 0 Å². The van der Waals surface area contributed by atoms with Crippen molar-refractivity contribution in [1.29, 1.82) is 0 Å². The lowest BCUT2D eigenvalue weighted by atomic mass is 9.52. The highest BCUT2D eigenvalue weighted by molar-refractivity contribution is 5.48. The predicted octanol–water partition coefficient (Wildman–Crippen LogP) is 3.75. The van der Waals surface area contributed by atoms with Crippen LogP contribution in [0.4, 0.5) is 0 Å². The van der Waals surface area contributed by atoms with Crippen molar-refractivity contribution in [3.05, 3.63) is 59.2 Å². The summed E-state index contributed by atoms with van der Waals surface area (Å²) in [5.41, 5.74) is 2.76. The molecule has 0 amide bonds. The van der Waals surface area contributed by atoms with Crippen molar-refractivity contribution in [2.24, 2.45) is 5.92 Å². The van der Waals surface area contributed by atoms with Crippen molar-refractivity contribution >= 4 is 0 Å². The first-order valence-corrected chi connectivity index (χ1v) is 13.2. The Kier molecular flexibility index (Phi) is 5.63. The molecule has 182 valence electrons. The SMILES string of the molecule is COc1ccccc1CCN1CC[C@]23CCN(CC4CC4)C(Cc4ccc(O)cc42)[C@]3(O)CC1. The molecule has 0 spiro atoms. The van der Waals surface area contributed by atoms with Gasteiger partial charge in [0, 0.05) is 31.1 Å². The second kappa shape index (κ2) is 8.54. The lowest BCUT2D eigenvalue weighted by molar-refractivity contribution is -0.149. The molecular weight excluding hydrogens is 424 g/mol. The number of likely N-dealkylation sites (tertiary alicyclic amines) is 2. The molecule has 0 radical (unpaired) electrons. The number of phenols is 1. The number of para-hydroxylation sites is 1. The minimum atomic E-state index is -0.750. The number of methoxy groups -OCH3 is 1. The zero-order chi connectivity index (χ0) is 23.3. The zero-order valence-electron chi connectivity index (χ0n) is 20.4. The Hall–Kier alpha value is -2.08. The van der Waals surface area contributed by atoms with E-state index in [4.69, 9.17) is 4.74 Å². The number of rotatable bonds is 6. The second-order valence-corrected chi connectivity index (χ2v) is 11.2. The molecule has 2 saturated heterocycles. The van der Waals surface area contributed by atoms with Gasteiger partial charge in [0.2, 0.25) is 0 Å². The Morgan fingerprint density at radius 2 is 1.82 bits per heavy atom. The van der Waals surface area contributed by atoms with Gasteiger partial charge in [-0.25, -0.2) is 0 Å². The Balaban J connectivity index is 1.29. The maximum Gasteiger partial charge on any atom is 0.122 e. The van der Waals surface area contributed by atoms with E-state index in [0.29, 0.717) is 5.75 Å². The zero-order valence-corrected chi connectivity index (χ0v) is 20.4. The molecule has 1 unspecified atom stereocenters. The van der Waals surface area contributed by atoms with E-state index < -0.39 is 5.60 Å². The number of fused-ring (bicyclic) bond motifs is 1. The summed E-state index contributed by atoms with van der Waals surface area (Å²) in [6.45, 7) is 5.04. The minimum absolute atomic E-state index is 0.174. The summed E-state index contributed by atoms with van der Waals surface area (Å²) in [7, 11) is 1.74. The highest BCUT2D eigenvalue weighted by Gasteiger charge is 2.63. The molecule has 2 aromatic carbocycles. The first-order valence-electron chi connectivity index (χ1n) is 13.2. The van der Waals surface area contributed by atoms with Crippen molar-refractivity contribution in [2.75, 3.05) is 39.8 Å². The van der Waals surface area contributed by atoms with Crippen LogP contribution < -0.4 is 4.74 Å². The summed E-state index contributed by atoms with van der Waals surface area (Å²) in [5.74, 6) is 2.10. The van der Waals surface area contributed by atoms with Gasteiger partial charge in [0.15, 0.2) is 0 Å². The van der Waals surface area contributed by atoms with Gasteiger partial charge < -0.3 is 19.8 Å². The monoisotopic (exact) mass is 462 g/mol. The number of ether oxygens (including phenoxy) is 1. The number of piperidine rings is 1. The summed E-state index contributed by atoms with van der Waals surface area (Å²) < 4.78 is 5.57. The largest absolute Gasteiger partial charge is 0.508 e. The average molecular weight is 463 g/mol. The van der Waals surface area contributed by atoms with Gasteiger partial charge in [0.25, 0.3) is 0 Å². The third-order valence-electron chi connectivity index (χ3n) is 9.41. The molecule has 34 heavy (non-hydrogen) atoms. The molecule has 3 atom stereocenters. The number of benzene rings is 2. The van der Waals surface area contributed by atoms with E-state index in [9.17, 15) is 10.2 Å². The number of hydrogen-bond acceptors (Lipinski definition) is 5. The molecule has 2 aliphatic heterocycles. The topological polar surface area (TPSA) is 56.2 Å². The third kappa shape index (κ3) is 3.64. The first-order chi connectivity index (χ1) is 16.5. The maximum atomic E-state index is 12.6. The van der Waals surface area contributed by atoms with E-state index in [1.165, 1.54) is 29.5 Å². The smallest absolute Gasteiger partial charge is 0.122 e. The van der Waals surface area contributed by atoms with Gasteiger partial charge in [-0.2, -0.15) is 0 Å². The van der Waals surface area contributed by atoms with Gasteiger partial charge in [0.1, 0.15) is 11.5 Å². The van der Waals surface area contributed by atoms with Crippen LogP contribution in [0.2, 0.25) is 0 Å². The van der Waals surface area contributed by atoms with Crippen LogP contribution in [0, 0.1) is 5.92 Å². The number of hydrogen-bond donors (Lipinski definition) is 2. The maximum absolute atomic E-state index is 12.6. The molecule has 2 aromatic rings. The van der Waals surface area contributed by atoms with Crippen LogP contribution in [-0.4, -0.2) is 71.5 Å². The summed E-state index contributed by atoms with van der Waals surface area (Å²) in [6, 6.07) is 14.4. The van der Waals surface area contributed by atoms with Gasteiger partial charge in [-0.15, -0.1) is 0 Å². The summed E-state index contributed by atoms with van der Waals surface area (Å²) >= 11 is 0. The summed E-state index contributed by atoms with van der Waals surface area (Å²) in [6.07, 6.45) is 7.23. The fourth-order valence-corrected chi connectivity index (χ4v) is 7.32. The van der Waals surface area contributed by atoms with Gasteiger partial charge in [-0.1, -0.05) is 24.3 Å². The number of phenolic OH excluding ortho intramolecular Hbond substituents is 1. The Labute approximate surface area is 203 Å². The highest BCUT2D eigenvalue weighted by atomic mass is 16.5. The molecular formula is C29H38N2O3. The molecule has 5 heteroatoms. The summed E-state index contributed by atoms with van der Waals surface area (Å²) in [5, 5.41) is 23.0. The van der Waals surface area contributed by atoms with Crippen LogP contribution in [0.1, 0.15) is 48.8 Å². The van der Waals surface area contributed by atoms with Crippen molar-refractivity contribution in [3.8, 4) is 11.5 Å². The van der Waals surface area contributed by atoms with E-state index in [0.717, 1.165) is 76.5 Å². The Bertz CT molecular complexity index is 1050. The van der Waals surface area contributed by atoms with Crippen molar-refractivity contribution in [2.45, 2.75) is 62.0 Å². The lowest BCUT2D eigenvalue weighted by Crippen LogP contribution is -2.71. The molecule has 6 rings (SSSR count). The standard InChI is InChI=1S/C29H38N2O3/c1-34-26-5-3-2-4-22(26)10-14-30-15-11-28-12-17-31(20-21-6-7-21)27(29(28,33)13-16-30)18-23-8-9-24(32)19-25(23)28/h2-5,8-9,19,21,27,32-33H,6-7,10-18,20H2,1H3/t27?,28-,29+/m0/s1. The van der Waals surface area contributed by atoms with E-state index in [1.807, 2.05) is 24.3 Å². The molecule has 2 N–H and O–H groups in total. The first kappa shape index (κ1) is 22.4. The second-order valence-electron chi connectivity index (χ2n) is 11.2. The van der Waals surface area contributed by atoms with Crippen LogP contribution in [0.15, 0.2) is 42.5 Å². The lowest BCUT2D eigenvalue weighted by Gasteiger charge is -2.61. The van der Waals surface area contributed by atoms with Gasteiger partial charge in [0.05, 0.1) is 12.7 Å². The van der Waals surface area contributed by atoms with Crippen LogP contribution in [-0.2, 0) is 18.3 Å². The fraction of sp³-hybridized carbons (Fsp3) is 0.586.